The van der Waals surface area contributed by atoms with Crippen molar-refractivity contribution in [1.29, 1.82) is 0 Å². The van der Waals surface area contributed by atoms with Gasteiger partial charge in [-0.05, 0) is 32.7 Å². The second-order valence-corrected chi connectivity index (χ2v) is 4.45. The summed E-state index contributed by atoms with van der Waals surface area (Å²) >= 11 is 0. The number of rotatable bonds is 3. The molecule has 88 valence electrons. The Balaban J connectivity index is 2.24. The zero-order chi connectivity index (χ0) is 11.3. The Morgan fingerprint density at radius 2 is 2.27 bits per heavy atom. The van der Waals surface area contributed by atoms with Gasteiger partial charge in [0, 0.05) is 33.2 Å². The van der Waals surface area contributed by atoms with Crippen LogP contribution in [-0.2, 0) is 0 Å². The third kappa shape index (κ3) is 3.70. The van der Waals surface area contributed by atoms with Gasteiger partial charge in [-0.25, -0.2) is 0 Å². The van der Waals surface area contributed by atoms with Crippen LogP contribution in [0, 0.1) is 5.92 Å². The van der Waals surface area contributed by atoms with E-state index in [9.17, 15) is 0 Å². The highest BCUT2D eigenvalue weighted by Gasteiger charge is 2.23. The summed E-state index contributed by atoms with van der Waals surface area (Å²) in [4.78, 5) is 6.64. The zero-order valence-corrected chi connectivity index (χ0v) is 10.4. The summed E-state index contributed by atoms with van der Waals surface area (Å²) in [5.41, 5.74) is 0. The molecule has 1 fully saturated rings. The Kier molecular flexibility index (Phi) is 4.88. The predicted octanol–water partition coefficient (Wildman–Crippen LogP) is 0.512. The molecule has 1 atom stereocenters. The van der Waals surface area contributed by atoms with Crippen LogP contribution in [-0.4, -0.2) is 50.6 Å². The van der Waals surface area contributed by atoms with Crippen molar-refractivity contribution >= 4 is 5.96 Å². The maximum atomic E-state index is 4.10. The van der Waals surface area contributed by atoms with E-state index in [4.69, 9.17) is 0 Å². The summed E-state index contributed by atoms with van der Waals surface area (Å²) < 4.78 is 0. The molecule has 4 nitrogen and oxygen atoms in total. The Labute approximate surface area is 93.1 Å². The van der Waals surface area contributed by atoms with Crippen molar-refractivity contribution in [1.82, 2.24) is 15.5 Å². The molecule has 0 bridgehead atoms. The number of nitrogens with zero attached hydrogens (tertiary/aromatic N) is 2. The van der Waals surface area contributed by atoms with E-state index in [0.29, 0.717) is 6.04 Å². The fourth-order valence-corrected chi connectivity index (χ4v) is 2.02. The van der Waals surface area contributed by atoms with Crippen LogP contribution < -0.4 is 10.6 Å². The van der Waals surface area contributed by atoms with E-state index in [0.717, 1.165) is 18.4 Å². The number of nitrogens with one attached hydrogen (secondary N) is 2. The Morgan fingerprint density at radius 3 is 2.73 bits per heavy atom. The van der Waals surface area contributed by atoms with Crippen LogP contribution in [0.3, 0.4) is 0 Å². The molecule has 1 saturated heterocycles. The molecule has 1 aliphatic heterocycles. The van der Waals surface area contributed by atoms with Gasteiger partial charge in [0.25, 0.3) is 0 Å². The van der Waals surface area contributed by atoms with E-state index < -0.39 is 0 Å². The molecule has 0 aromatic carbocycles. The van der Waals surface area contributed by atoms with E-state index in [1.807, 2.05) is 7.05 Å². The molecule has 4 heteroatoms. The van der Waals surface area contributed by atoms with Crippen molar-refractivity contribution in [3.63, 3.8) is 0 Å². The number of hydrogen-bond donors (Lipinski definition) is 2. The molecule has 0 amide bonds. The Morgan fingerprint density at radius 1 is 1.53 bits per heavy atom. The molecule has 0 unspecified atom stereocenters. The standard InChI is InChI=1S/C11H24N4/c1-9(2)15-6-5-10(8-15)7-14-11(12-3)13-4/h9-10H,5-8H2,1-4H3,(H2,12,13,14)/t10-/m0/s1. The second kappa shape index (κ2) is 5.95. The average molecular weight is 212 g/mol. The molecule has 0 radical (unpaired) electrons. The van der Waals surface area contributed by atoms with Gasteiger partial charge < -0.3 is 15.5 Å². The van der Waals surface area contributed by atoms with E-state index in [2.05, 4.69) is 34.4 Å². The molecular weight excluding hydrogens is 188 g/mol. The average Bonchev–Trinajstić information content (AvgIpc) is 2.68. The summed E-state index contributed by atoms with van der Waals surface area (Å²) in [7, 11) is 3.69. The maximum absolute atomic E-state index is 4.10. The van der Waals surface area contributed by atoms with E-state index in [-0.39, 0.29) is 0 Å². The van der Waals surface area contributed by atoms with Crippen molar-refractivity contribution in [2.75, 3.05) is 33.7 Å². The molecule has 1 rings (SSSR count). The third-order valence-electron chi connectivity index (χ3n) is 3.07. The van der Waals surface area contributed by atoms with Crippen molar-refractivity contribution in [3.05, 3.63) is 0 Å². The van der Waals surface area contributed by atoms with Crippen LogP contribution in [0.5, 0.6) is 0 Å². The van der Waals surface area contributed by atoms with Crippen molar-refractivity contribution in [2.24, 2.45) is 10.9 Å². The van der Waals surface area contributed by atoms with Gasteiger partial charge in [-0.1, -0.05) is 0 Å². The lowest BCUT2D eigenvalue weighted by Gasteiger charge is -2.20. The smallest absolute Gasteiger partial charge is 0.190 e. The molecule has 0 aromatic rings. The van der Waals surface area contributed by atoms with Crippen molar-refractivity contribution in [3.8, 4) is 0 Å². The van der Waals surface area contributed by atoms with Crippen molar-refractivity contribution < 1.29 is 0 Å². The second-order valence-electron chi connectivity index (χ2n) is 4.45. The SMILES string of the molecule is CN=C(NC)NC[C@@H]1CCN(C(C)C)C1. The summed E-state index contributed by atoms with van der Waals surface area (Å²) in [6.07, 6.45) is 1.30. The molecular formula is C11H24N4. The molecule has 1 heterocycles. The largest absolute Gasteiger partial charge is 0.359 e. The molecule has 2 N–H and O–H groups in total. The molecule has 15 heavy (non-hydrogen) atoms. The van der Waals surface area contributed by atoms with E-state index >= 15 is 0 Å². The fourth-order valence-electron chi connectivity index (χ4n) is 2.02. The van der Waals surface area contributed by atoms with E-state index in [1.54, 1.807) is 7.05 Å². The summed E-state index contributed by atoms with van der Waals surface area (Å²) in [6.45, 7) is 8.01. The van der Waals surface area contributed by atoms with Gasteiger partial charge in [-0.2, -0.15) is 0 Å². The lowest BCUT2D eigenvalue weighted by Crippen LogP contribution is -2.38. The van der Waals surface area contributed by atoms with Crippen LogP contribution in [0.2, 0.25) is 0 Å². The van der Waals surface area contributed by atoms with Crippen LogP contribution >= 0.6 is 0 Å². The highest BCUT2D eigenvalue weighted by molar-refractivity contribution is 5.79. The van der Waals surface area contributed by atoms with Gasteiger partial charge >= 0.3 is 0 Å². The molecule has 0 aromatic heterocycles. The third-order valence-corrected chi connectivity index (χ3v) is 3.07. The number of hydrogen-bond acceptors (Lipinski definition) is 2. The monoisotopic (exact) mass is 212 g/mol. The number of guanidine groups is 1. The Hall–Kier alpha value is -0.770. The quantitative estimate of drug-likeness (QED) is 0.529. The lowest BCUT2D eigenvalue weighted by atomic mass is 10.1. The normalized spacial score (nSPS) is 23.5. The number of aliphatic imine (C=N–C) groups is 1. The first-order valence-corrected chi connectivity index (χ1v) is 5.79. The maximum Gasteiger partial charge on any atom is 0.190 e. The van der Waals surface area contributed by atoms with Gasteiger partial charge in [0.05, 0.1) is 0 Å². The van der Waals surface area contributed by atoms with Crippen LogP contribution in [0.4, 0.5) is 0 Å². The van der Waals surface area contributed by atoms with Gasteiger partial charge in [0.1, 0.15) is 0 Å². The minimum atomic E-state index is 0.679. The lowest BCUT2D eigenvalue weighted by molar-refractivity contribution is 0.265. The highest BCUT2D eigenvalue weighted by atomic mass is 15.2. The number of likely N-dealkylation sites (tertiary alicyclic amines) is 1. The minimum Gasteiger partial charge on any atom is -0.359 e. The first-order valence-electron chi connectivity index (χ1n) is 5.79. The molecule has 0 saturated carbocycles. The van der Waals surface area contributed by atoms with Crippen LogP contribution in [0.15, 0.2) is 4.99 Å². The van der Waals surface area contributed by atoms with Gasteiger partial charge in [0.2, 0.25) is 0 Å². The molecule has 1 aliphatic rings. The van der Waals surface area contributed by atoms with Gasteiger partial charge in [-0.3, -0.25) is 4.99 Å². The highest BCUT2D eigenvalue weighted by Crippen LogP contribution is 2.17. The van der Waals surface area contributed by atoms with Crippen LogP contribution in [0.1, 0.15) is 20.3 Å². The summed E-state index contributed by atoms with van der Waals surface area (Å²) in [6, 6.07) is 0.679. The van der Waals surface area contributed by atoms with Gasteiger partial charge in [0.15, 0.2) is 5.96 Å². The van der Waals surface area contributed by atoms with Gasteiger partial charge in [-0.15, -0.1) is 0 Å². The first-order chi connectivity index (χ1) is 7.17. The predicted molar refractivity (Wildman–Crippen MR) is 65.2 cm³/mol. The zero-order valence-electron chi connectivity index (χ0n) is 10.4. The van der Waals surface area contributed by atoms with Crippen molar-refractivity contribution in [2.45, 2.75) is 26.3 Å². The Bertz CT molecular complexity index is 213. The minimum absolute atomic E-state index is 0.679. The molecule has 0 spiro atoms. The topological polar surface area (TPSA) is 39.7 Å². The molecule has 0 aliphatic carbocycles. The summed E-state index contributed by atoms with van der Waals surface area (Å²) in [5, 5.41) is 6.37. The van der Waals surface area contributed by atoms with E-state index in [1.165, 1.54) is 19.5 Å². The van der Waals surface area contributed by atoms with Crippen LogP contribution in [0.25, 0.3) is 0 Å². The first kappa shape index (κ1) is 12.3. The summed E-state index contributed by atoms with van der Waals surface area (Å²) in [5.74, 6) is 1.65. The fraction of sp³-hybridized carbons (Fsp3) is 0.909.